The first-order chi connectivity index (χ1) is 11.6. The van der Waals surface area contributed by atoms with Crippen molar-refractivity contribution in [3.05, 3.63) is 93.5 Å². The molecule has 0 aliphatic heterocycles. The molecule has 0 N–H and O–H groups in total. The first-order valence-corrected chi connectivity index (χ1v) is 7.72. The van der Waals surface area contributed by atoms with Gasteiger partial charge in [-0.2, -0.15) is 0 Å². The molecule has 0 radical (unpaired) electrons. The summed E-state index contributed by atoms with van der Waals surface area (Å²) in [5.74, 6) is 0.425. The minimum atomic E-state index is -0.488. The van der Waals surface area contributed by atoms with Gasteiger partial charge in [-0.15, -0.1) is 0 Å². The zero-order valence-electron chi connectivity index (χ0n) is 12.7. The maximum Gasteiger partial charge on any atom is 0.271 e. The third-order valence-electron chi connectivity index (χ3n) is 3.58. The summed E-state index contributed by atoms with van der Waals surface area (Å²) in [6, 6.07) is 22.3. The second-order valence-electron chi connectivity index (χ2n) is 5.22. The molecule has 0 aliphatic carbocycles. The summed E-state index contributed by atoms with van der Waals surface area (Å²) >= 11 is 6.02. The molecule has 0 aromatic heterocycles. The molecule has 0 heterocycles. The first kappa shape index (κ1) is 16.0. The van der Waals surface area contributed by atoms with E-state index in [1.807, 2.05) is 42.5 Å². The smallest absolute Gasteiger partial charge is 0.271 e. The second-order valence-corrected chi connectivity index (χ2v) is 5.63. The minimum Gasteiger partial charge on any atom is -0.487 e. The normalized spacial score (nSPS) is 10.4. The summed E-state index contributed by atoms with van der Waals surface area (Å²) in [6.45, 7) is 0.340. The number of hydrogen-bond donors (Lipinski definition) is 0. The van der Waals surface area contributed by atoms with Gasteiger partial charge in [0.2, 0.25) is 0 Å². The van der Waals surface area contributed by atoms with Crippen LogP contribution in [0, 0.1) is 10.1 Å². The van der Waals surface area contributed by atoms with Crippen LogP contribution in [-0.4, -0.2) is 4.92 Å². The van der Waals surface area contributed by atoms with E-state index in [4.69, 9.17) is 16.3 Å². The summed E-state index contributed by atoms with van der Waals surface area (Å²) < 4.78 is 5.65. The molecule has 5 heteroatoms. The number of non-ortho nitro benzene ring substituents is 1. The lowest BCUT2D eigenvalue weighted by Gasteiger charge is -2.09. The summed E-state index contributed by atoms with van der Waals surface area (Å²) in [6.07, 6.45) is 0. The predicted molar refractivity (Wildman–Crippen MR) is 94.3 cm³/mol. The van der Waals surface area contributed by atoms with E-state index >= 15 is 0 Å². The third-order valence-corrected chi connectivity index (χ3v) is 3.88. The molecule has 0 fully saturated rings. The van der Waals surface area contributed by atoms with Crippen LogP contribution in [0.15, 0.2) is 72.8 Å². The average molecular weight is 340 g/mol. The molecule has 3 aromatic rings. The molecule has 3 aromatic carbocycles. The van der Waals surface area contributed by atoms with Crippen molar-refractivity contribution in [3.63, 3.8) is 0 Å². The number of benzene rings is 3. The standard InChI is InChI=1S/C19H14ClNO3/c20-18-12-17(21(22)23)10-11-19(18)24-13-14-6-8-16(9-7-14)15-4-2-1-3-5-15/h1-12H,13H2. The Morgan fingerprint density at radius 2 is 1.58 bits per heavy atom. The van der Waals surface area contributed by atoms with Gasteiger partial charge in [-0.1, -0.05) is 66.2 Å². The quantitative estimate of drug-likeness (QED) is 0.456. The van der Waals surface area contributed by atoms with Crippen LogP contribution in [0.2, 0.25) is 5.02 Å². The molecule has 0 amide bonds. The number of nitro groups is 1. The molecule has 0 saturated carbocycles. The van der Waals surface area contributed by atoms with Gasteiger partial charge in [0.05, 0.1) is 9.95 Å². The number of ether oxygens (including phenoxy) is 1. The van der Waals surface area contributed by atoms with Crippen molar-refractivity contribution < 1.29 is 9.66 Å². The fourth-order valence-corrected chi connectivity index (χ4v) is 2.53. The summed E-state index contributed by atoms with van der Waals surface area (Å²) in [5.41, 5.74) is 3.22. The van der Waals surface area contributed by atoms with Gasteiger partial charge in [-0.25, -0.2) is 0 Å². The molecule has 0 unspecified atom stereocenters. The summed E-state index contributed by atoms with van der Waals surface area (Å²) in [7, 11) is 0. The van der Waals surface area contributed by atoms with Gasteiger partial charge >= 0.3 is 0 Å². The highest BCUT2D eigenvalue weighted by atomic mass is 35.5. The van der Waals surface area contributed by atoms with Crippen LogP contribution >= 0.6 is 11.6 Å². The minimum absolute atomic E-state index is 0.0560. The number of nitro benzene ring substituents is 1. The zero-order valence-corrected chi connectivity index (χ0v) is 13.4. The Balaban J connectivity index is 1.68. The van der Waals surface area contributed by atoms with Gasteiger partial charge in [0.15, 0.2) is 0 Å². The second kappa shape index (κ2) is 7.15. The van der Waals surface area contributed by atoms with Crippen LogP contribution in [0.3, 0.4) is 0 Å². The van der Waals surface area contributed by atoms with Gasteiger partial charge in [0, 0.05) is 12.1 Å². The molecule has 4 nitrogen and oxygen atoms in total. The fraction of sp³-hybridized carbons (Fsp3) is 0.0526. The van der Waals surface area contributed by atoms with Crippen LogP contribution in [0.25, 0.3) is 11.1 Å². The highest BCUT2D eigenvalue weighted by molar-refractivity contribution is 6.32. The first-order valence-electron chi connectivity index (χ1n) is 7.34. The van der Waals surface area contributed by atoms with E-state index in [0.717, 1.165) is 16.7 Å². The monoisotopic (exact) mass is 339 g/mol. The van der Waals surface area contributed by atoms with Crippen LogP contribution in [-0.2, 0) is 6.61 Å². The Labute approximate surface area is 144 Å². The van der Waals surface area contributed by atoms with Crippen molar-refractivity contribution in [2.24, 2.45) is 0 Å². The summed E-state index contributed by atoms with van der Waals surface area (Å²) in [4.78, 5) is 10.2. The van der Waals surface area contributed by atoms with Crippen molar-refractivity contribution in [1.29, 1.82) is 0 Å². The predicted octanol–water partition coefficient (Wildman–Crippen LogP) is 5.49. The number of rotatable bonds is 5. The molecule has 0 aliphatic rings. The molecule has 120 valence electrons. The lowest BCUT2D eigenvalue weighted by Crippen LogP contribution is -1.96. The highest BCUT2D eigenvalue weighted by Gasteiger charge is 2.10. The fourth-order valence-electron chi connectivity index (χ4n) is 2.31. The molecular weight excluding hydrogens is 326 g/mol. The van der Waals surface area contributed by atoms with Gasteiger partial charge < -0.3 is 4.74 Å². The van der Waals surface area contributed by atoms with Gasteiger partial charge in [0.25, 0.3) is 5.69 Å². The molecular formula is C19H14ClNO3. The topological polar surface area (TPSA) is 52.4 Å². The van der Waals surface area contributed by atoms with Crippen molar-refractivity contribution in [1.82, 2.24) is 0 Å². The van der Waals surface area contributed by atoms with Crippen LogP contribution in [0.1, 0.15) is 5.56 Å². The lowest BCUT2D eigenvalue weighted by atomic mass is 10.0. The van der Waals surface area contributed by atoms with Gasteiger partial charge in [-0.05, 0) is 22.8 Å². The van der Waals surface area contributed by atoms with Crippen LogP contribution in [0.5, 0.6) is 5.75 Å². The van der Waals surface area contributed by atoms with E-state index < -0.39 is 4.92 Å². The van der Waals surface area contributed by atoms with E-state index in [2.05, 4.69) is 12.1 Å². The van der Waals surface area contributed by atoms with Crippen molar-refractivity contribution in [3.8, 4) is 16.9 Å². The number of nitrogens with zero attached hydrogens (tertiary/aromatic N) is 1. The largest absolute Gasteiger partial charge is 0.487 e. The van der Waals surface area contributed by atoms with Crippen LogP contribution < -0.4 is 4.74 Å². The summed E-state index contributed by atoms with van der Waals surface area (Å²) in [5, 5.41) is 10.9. The van der Waals surface area contributed by atoms with Crippen LogP contribution in [0.4, 0.5) is 5.69 Å². The molecule has 0 spiro atoms. The van der Waals surface area contributed by atoms with Crippen molar-refractivity contribution in [2.45, 2.75) is 6.61 Å². The van der Waals surface area contributed by atoms with E-state index in [1.165, 1.54) is 18.2 Å². The lowest BCUT2D eigenvalue weighted by molar-refractivity contribution is -0.384. The molecule has 24 heavy (non-hydrogen) atoms. The van der Waals surface area contributed by atoms with E-state index in [9.17, 15) is 10.1 Å². The molecule has 0 atom stereocenters. The molecule has 0 saturated heterocycles. The Morgan fingerprint density at radius 3 is 2.21 bits per heavy atom. The van der Waals surface area contributed by atoms with E-state index in [-0.39, 0.29) is 10.7 Å². The van der Waals surface area contributed by atoms with E-state index in [1.54, 1.807) is 0 Å². The maximum atomic E-state index is 10.7. The third kappa shape index (κ3) is 3.73. The Hall–Kier alpha value is -2.85. The highest BCUT2D eigenvalue weighted by Crippen LogP contribution is 2.29. The molecule has 3 rings (SSSR count). The average Bonchev–Trinajstić information content (AvgIpc) is 2.62. The Bertz CT molecular complexity index is 848. The van der Waals surface area contributed by atoms with Gasteiger partial charge in [-0.3, -0.25) is 10.1 Å². The molecule has 0 bridgehead atoms. The van der Waals surface area contributed by atoms with Crippen molar-refractivity contribution >= 4 is 17.3 Å². The van der Waals surface area contributed by atoms with E-state index in [0.29, 0.717) is 12.4 Å². The van der Waals surface area contributed by atoms with Crippen molar-refractivity contribution in [2.75, 3.05) is 0 Å². The Kier molecular flexibility index (Phi) is 4.77. The SMILES string of the molecule is O=[N+]([O-])c1ccc(OCc2ccc(-c3ccccc3)cc2)c(Cl)c1. The van der Waals surface area contributed by atoms with Gasteiger partial charge in [0.1, 0.15) is 12.4 Å². The maximum absolute atomic E-state index is 10.7. The zero-order chi connectivity index (χ0) is 16.9. The Morgan fingerprint density at radius 1 is 0.917 bits per heavy atom. The number of hydrogen-bond acceptors (Lipinski definition) is 3. The number of halogens is 1.